The van der Waals surface area contributed by atoms with Crippen LogP contribution in [0.25, 0.3) is 0 Å². The maximum Gasteiger partial charge on any atom is 0.308 e. The number of carbonyl (C=O) groups is 1. The molecule has 1 aliphatic rings. The van der Waals surface area contributed by atoms with Crippen molar-refractivity contribution in [1.29, 1.82) is 0 Å². The molecular formula is C11H20O2. The fourth-order valence-electron chi connectivity index (χ4n) is 2.38. The van der Waals surface area contributed by atoms with Crippen LogP contribution in [0.5, 0.6) is 0 Å². The molecule has 1 aliphatic carbocycles. The van der Waals surface area contributed by atoms with Crippen molar-refractivity contribution >= 4 is 5.97 Å². The zero-order chi connectivity index (χ0) is 9.68. The molecule has 0 aliphatic heterocycles. The topological polar surface area (TPSA) is 26.3 Å². The lowest BCUT2D eigenvalue weighted by atomic mass is 9.79. The lowest BCUT2D eigenvalue weighted by Crippen LogP contribution is -2.26. The molecule has 0 heterocycles. The first-order valence-corrected chi connectivity index (χ1v) is 5.37. The Morgan fingerprint density at radius 2 is 2.00 bits per heavy atom. The lowest BCUT2D eigenvalue weighted by molar-refractivity contribution is -0.148. The molecule has 1 fully saturated rings. The third-order valence-electron chi connectivity index (χ3n) is 3.16. The Labute approximate surface area is 80.7 Å². The third kappa shape index (κ3) is 2.71. The first-order valence-electron chi connectivity index (χ1n) is 5.37. The molecule has 1 saturated carbocycles. The molecule has 0 amide bonds. The van der Waals surface area contributed by atoms with Gasteiger partial charge in [0.05, 0.1) is 13.0 Å². The van der Waals surface area contributed by atoms with Crippen molar-refractivity contribution in [3.05, 3.63) is 0 Å². The molecular weight excluding hydrogens is 164 g/mol. The van der Waals surface area contributed by atoms with Crippen LogP contribution in [0.15, 0.2) is 0 Å². The molecule has 0 saturated heterocycles. The molecule has 76 valence electrons. The van der Waals surface area contributed by atoms with E-state index in [1.807, 2.05) is 0 Å². The number of ether oxygens (including phenoxy) is 1. The molecule has 1 unspecified atom stereocenters. The van der Waals surface area contributed by atoms with Crippen LogP contribution >= 0.6 is 0 Å². The minimum Gasteiger partial charge on any atom is -0.469 e. The molecule has 0 aromatic heterocycles. The summed E-state index contributed by atoms with van der Waals surface area (Å²) in [6, 6.07) is 0. The summed E-state index contributed by atoms with van der Waals surface area (Å²) in [5.74, 6) is 0.742. The Morgan fingerprint density at radius 1 is 1.38 bits per heavy atom. The van der Waals surface area contributed by atoms with Crippen molar-refractivity contribution in [3.8, 4) is 0 Å². The predicted octanol–water partition coefficient (Wildman–Crippen LogP) is 2.77. The van der Waals surface area contributed by atoms with Crippen LogP contribution < -0.4 is 0 Å². The summed E-state index contributed by atoms with van der Waals surface area (Å²) in [6.07, 6.45) is 7.28. The van der Waals surface area contributed by atoms with Gasteiger partial charge in [-0.3, -0.25) is 4.79 Å². The van der Waals surface area contributed by atoms with Gasteiger partial charge in [0.25, 0.3) is 0 Å². The largest absolute Gasteiger partial charge is 0.469 e. The van der Waals surface area contributed by atoms with Crippen molar-refractivity contribution in [3.63, 3.8) is 0 Å². The van der Waals surface area contributed by atoms with E-state index in [4.69, 9.17) is 4.74 Å². The number of hydrogen-bond donors (Lipinski definition) is 0. The SMILES string of the molecule is CCC(C(=O)OC)C1CCCCC1. The zero-order valence-corrected chi connectivity index (χ0v) is 8.71. The Bertz CT molecular complexity index is 159. The van der Waals surface area contributed by atoms with Crippen LogP contribution in [0.3, 0.4) is 0 Å². The standard InChI is InChI=1S/C11H20O2/c1-3-10(11(12)13-2)9-7-5-4-6-8-9/h9-10H,3-8H2,1-2H3. The van der Waals surface area contributed by atoms with Gasteiger partial charge >= 0.3 is 5.97 Å². The van der Waals surface area contributed by atoms with Crippen molar-refractivity contribution in [2.24, 2.45) is 11.8 Å². The highest BCUT2D eigenvalue weighted by Gasteiger charge is 2.28. The van der Waals surface area contributed by atoms with Crippen molar-refractivity contribution in [2.45, 2.75) is 45.4 Å². The number of carbonyl (C=O) groups excluding carboxylic acids is 1. The highest BCUT2D eigenvalue weighted by atomic mass is 16.5. The van der Waals surface area contributed by atoms with E-state index in [0.717, 1.165) is 6.42 Å². The fourth-order valence-corrected chi connectivity index (χ4v) is 2.38. The van der Waals surface area contributed by atoms with Gasteiger partial charge in [0.1, 0.15) is 0 Å². The number of methoxy groups -OCH3 is 1. The van der Waals surface area contributed by atoms with E-state index >= 15 is 0 Å². The number of esters is 1. The summed E-state index contributed by atoms with van der Waals surface area (Å²) in [5.41, 5.74) is 0. The maximum atomic E-state index is 11.4. The minimum absolute atomic E-state index is 0.00519. The minimum atomic E-state index is -0.00519. The van der Waals surface area contributed by atoms with Crippen LogP contribution in [-0.4, -0.2) is 13.1 Å². The number of hydrogen-bond acceptors (Lipinski definition) is 2. The van der Waals surface area contributed by atoms with Crippen molar-refractivity contribution in [1.82, 2.24) is 0 Å². The summed E-state index contributed by atoms with van der Waals surface area (Å²) >= 11 is 0. The van der Waals surface area contributed by atoms with Gasteiger partial charge in [-0.25, -0.2) is 0 Å². The maximum absolute atomic E-state index is 11.4. The quantitative estimate of drug-likeness (QED) is 0.630. The average molecular weight is 184 g/mol. The highest BCUT2D eigenvalue weighted by Crippen LogP contribution is 2.32. The van der Waals surface area contributed by atoms with Crippen molar-refractivity contribution < 1.29 is 9.53 Å². The normalized spacial score (nSPS) is 21.1. The summed E-state index contributed by atoms with van der Waals surface area (Å²) in [4.78, 5) is 11.4. The number of rotatable bonds is 3. The molecule has 13 heavy (non-hydrogen) atoms. The van der Waals surface area contributed by atoms with Gasteiger partial charge in [0.2, 0.25) is 0 Å². The van der Waals surface area contributed by atoms with E-state index in [-0.39, 0.29) is 11.9 Å². The van der Waals surface area contributed by atoms with E-state index in [9.17, 15) is 4.79 Å². The summed E-state index contributed by atoms with van der Waals surface area (Å²) < 4.78 is 4.82. The molecule has 2 heteroatoms. The van der Waals surface area contributed by atoms with E-state index in [0.29, 0.717) is 5.92 Å². The van der Waals surface area contributed by atoms with Crippen LogP contribution in [0.2, 0.25) is 0 Å². The molecule has 0 aromatic carbocycles. The van der Waals surface area contributed by atoms with Gasteiger partial charge in [-0.15, -0.1) is 0 Å². The smallest absolute Gasteiger partial charge is 0.308 e. The Morgan fingerprint density at radius 3 is 2.46 bits per heavy atom. The highest BCUT2D eigenvalue weighted by molar-refractivity contribution is 5.72. The second-order valence-corrected chi connectivity index (χ2v) is 3.94. The lowest BCUT2D eigenvalue weighted by Gasteiger charge is -2.27. The Kier molecular flexibility index (Phi) is 4.26. The fraction of sp³-hybridized carbons (Fsp3) is 0.909. The van der Waals surface area contributed by atoms with Crippen LogP contribution in [0, 0.1) is 11.8 Å². The van der Waals surface area contributed by atoms with E-state index in [2.05, 4.69) is 6.92 Å². The van der Waals surface area contributed by atoms with E-state index in [1.165, 1.54) is 39.2 Å². The van der Waals surface area contributed by atoms with Gasteiger partial charge in [-0.1, -0.05) is 26.2 Å². The summed E-state index contributed by atoms with van der Waals surface area (Å²) in [5, 5.41) is 0. The second-order valence-electron chi connectivity index (χ2n) is 3.94. The molecule has 0 aromatic rings. The third-order valence-corrected chi connectivity index (χ3v) is 3.16. The van der Waals surface area contributed by atoms with E-state index in [1.54, 1.807) is 0 Å². The molecule has 1 atom stereocenters. The molecule has 0 radical (unpaired) electrons. The van der Waals surface area contributed by atoms with Crippen LogP contribution in [-0.2, 0) is 9.53 Å². The molecule has 1 rings (SSSR count). The first-order chi connectivity index (χ1) is 6.29. The van der Waals surface area contributed by atoms with E-state index < -0.39 is 0 Å². The van der Waals surface area contributed by atoms with Crippen LogP contribution in [0.4, 0.5) is 0 Å². The van der Waals surface area contributed by atoms with Gasteiger partial charge in [-0.05, 0) is 25.2 Å². The summed E-state index contributed by atoms with van der Waals surface area (Å²) in [6.45, 7) is 2.08. The van der Waals surface area contributed by atoms with Crippen LogP contribution in [0.1, 0.15) is 45.4 Å². The first kappa shape index (κ1) is 10.6. The van der Waals surface area contributed by atoms with Crippen molar-refractivity contribution in [2.75, 3.05) is 7.11 Å². The Hall–Kier alpha value is -0.530. The molecule has 0 N–H and O–H groups in total. The monoisotopic (exact) mass is 184 g/mol. The molecule has 0 spiro atoms. The molecule has 0 bridgehead atoms. The zero-order valence-electron chi connectivity index (χ0n) is 8.71. The Balaban J connectivity index is 2.48. The van der Waals surface area contributed by atoms with Gasteiger partial charge in [0, 0.05) is 0 Å². The van der Waals surface area contributed by atoms with Gasteiger partial charge in [0.15, 0.2) is 0 Å². The molecule has 2 nitrogen and oxygen atoms in total. The van der Waals surface area contributed by atoms with Gasteiger partial charge in [-0.2, -0.15) is 0 Å². The van der Waals surface area contributed by atoms with Gasteiger partial charge < -0.3 is 4.74 Å². The predicted molar refractivity (Wildman–Crippen MR) is 52.4 cm³/mol. The summed E-state index contributed by atoms with van der Waals surface area (Å²) in [7, 11) is 1.49. The average Bonchev–Trinajstić information content (AvgIpc) is 2.20. The second kappa shape index (κ2) is 5.25.